The first-order chi connectivity index (χ1) is 21.0. The number of nitrogens with one attached hydrogen (secondary N) is 3. The Morgan fingerprint density at radius 1 is 0.953 bits per heavy atom. The molecule has 3 aromatic carbocycles. The molecule has 3 N–H and O–H groups in total. The third kappa shape index (κ3) is 5.07. The maximum Gasteiger partial charge on any atom is 0.322 e. The quantitative estimate of drug-likeness (QED) is 0.323. The molecule has 1 aromatic heterocycles. The predicted octanol–water partition coefficient (Wildman–Crippen LogP) is 4.80. The van der Waals surface area contributed by atoms with E-state index >= 15 is 0 Å². The molecule has 0 aliphatic carbocycles. The van der Waals surface area contributed by atoms with Gasteiger partial charge in [0.2, 0.25) is 5.91 Å². The van der Waals surface area contributed by atoms with E-state index < -0.39 is 6.04 Å². The van der Waals surface area contributed by atoms with Gasteiger partial charge in [-0.25, -0.2) is 9.59 Å². The van der Waals surface area contributed by atoms with Crippen LogP contribution in [0.4, 0.5) is 15.3 Å². The zero-order valence-electron chi connectivity index (χ0n) is 24.1. The highest BCUT2D eigenvalue weighted by molar-refractivity contribution is 5.93. The lowest BCUT2D eigenvalue weighted by atomic mass is 9.98. The number of carbonyl (C=O) groups excluding carboxylic acids is 3. The number of hydrogen-bond acceptors (Lipinski definition) is 4. The normalized spacial score (nSPS) is 19.8. The van der Waals surface area contributed by atoms with Crippen LogP contribution >= 0.6 is 0 Å². The van der Waals surface area contributed by atoms with Crippen molar-refractivity contribution in [2.75, 3.05) is 18.4 Å². The molecule has 0 bridgehead atoms. The smallest absolute Gasteiger partial charge is 0.322 e. The van der Waals surface area contributed by atoms with Gasteiger partial charge in [0.05, 0.1) is 17.8 Å². The monoisotopic (exact) mass is 577 g/mol. The van der Waals surface area contributed by atoms with E-state index in [0.29, 0.717) is 45.4 Å². The van der Waals surface area contributed by atoms with Crippen LogP contribution in [0.25, 0.3) is 10.9 Å². The Bertz CT molecular complexity index is 1680. The molecule has 3 aliphatic heterocycles. The van der Waals surface area contributed by atoms with E-state index in [1.54, 1.807) is 4.90 Å². The number of aromatic nitrogens is 2. The van der Waals surface area contributed by atoms with Gasteiger partial charge in [-0.05, 0) is 54.2 Å². The number of piperidine rings is 1. The lowest BCUT2D eigenvalue weighted by Gasteiger charge is -2.41. The van der Waals surface area contributed by atoms with Crippen LogP contribution in [0.5, 0.6) is 0 Å². The highest BCUT2D eigenvalue weighted by Gasteiger charge is 2.37. The summed E-state index contributed by atoms with van der Waals surface area (Å²) in [6.45, 7) is 4.05. The van der Waals surface area contributed by atoms with Gasteiger partial charge in [-0.1, -0.05) is 54.6 Å². The van der Waals surface area contributed by atoms with Crippen LogP contribution in [0.15, 0.2) is 72.9 Å². The summed E-state index contributed by atoms with van der Waals surface area (Å²) in [5.74, 6) is -0.101. The van der Waals surface area contributed by atoms with E-state index in [1.165, 1.54) is 0 Å². The molecule has 7 rings (SSSR count). The molecular weight excluding hydrogens is 542 g/mol. The Hall–Kier alpha value is -4.86. The van der Waals surface area contributed by atoms with E-state index in [0.717, 1.165) is 38.8 Å². The molecule has 43 heavy (non-hydrogen) atoms. The number of rotatable bonds is 4. The Balaban J connectivity index is 1.07. The zero-order chi connectivity index (χ0) is 29.5. The van der Waals surface area contributed by atoms with Crippen LogP contribution in [-0.2, 0) is 24.3 Å². The first kappa shape index (κ1) is 27.0. The van der Waals surface area contributed by atoms with Crippen molar-refractivity contribution in [2.45, 2.75) is 57.4 Å². The number of amides is 5. The number of H-pyrrole nitrogens is 1. The maximum absolute atomic E-state index is 14.1. The summed E-state index contributed by atoms with van der Waals surface area (Å²) in [6, 6.07) is 20.7. The van der Waals surface area contributed by atoms with E-state index in [9.17, 15) is 14.4 Å². The van der Waals surface area contributed by atoms with Crippen LogP contribution in [0.1, 0.15) is 48.1 Å². The molecule has 0 saturated carbocycles. The Labute approximate surface area is 250 Å². The molecule has 5 amide bonds. The minimum absolute atomic E-state index is 0.0448. The second kappa shape index (κ2) is 11.1. The largest absolute Gasteiger partial charge is 0.330 e. The predicted molar refractivity (Wildman–Crippen MR) is 163 cm³/mol. The van der Waals surface area contributed by atoms with E-state index in [-0.39, 0.29) is 30.1 Å². The van der Waals surface area contributed by atoms with E-state index in [1.807, 2.05) is 89.7 Å². The number of nitrogens with zero attached hydrogens (tertiary/aromatic N) is 4. The van der Waals surface area contributed by atoms with Gasteiger partial charge in [-0.2, -0.15) is 5.10 Å². The van der Waals surface area contributed by atoms with E-state index in [2.05, 4.69) is 20.8 Å². The Morgan fingerprint density at radius 3 is 2.53 bits per heavy atom. The highest BCUT2D eigenvalue weighted by Crippen LogP contribution is 2.32. The number of anilines is 1. The van der Waals surface area contributed by atoms with Gasteiger partial charge < -0.3 is 25.3 Å². The van der Waals surface area contributed by atoms with Crippen LogP contribution < -0.4 is 10.6 Å². The third-order valence-corrected chi connectivity index (χ3v) is 9.27. The Morgan fingerprint density at radius 2 is 1.72 bits per heavy atom. The zero-order valence-corrected chi connectivity index (χ0v) is 24.1. The molecule has 2 atom stereocenters. The number of likely N-dealkylation sites (tertiary alicyclic amines) is 1. The second-order valence-corrected chi connectivity index (χ2v) is 11.7. The molecule has 1 fully saturated rings. The summed E-state index contributed by atoms with van der Waals surface area (Å²) in [5.41, 5.74) is 6.01. The molecule has 0 unspecified atom stereocenters. The van der Waals surface area contributed by atoms with Gasteiger partial charge in [0.1, 0.15) is 6.04 Å². The molecule has 3 aliphatic rings. The molecule has 4 aromatic rings. The Kier molecular flexibility index (Phi) is 6.96. The molecule has 4 heterocycles. The van der Waals surface area contributed by atoms with Gasteiger partial charge in [0.15, 0.2) is 0 Å². The number of hydrogen-bond donors (Lipinski definition) is 3. The molecular formula is C33H35N7O3. The molecule has 10 heteroatoms. The van der Waals surface area contributed by atoms with Crippen LogP contribution in [0.3, 0.4) is 0 Å². The number of fused-ring (bicyclic) bond motifs is 4. The van der Waals surface area contributed by atoms with Gasteiger partial charge in [0.25, 0.3) is 0 Å². The summed E-state index contributed by atoms with van der Waals surface area (Å²) in [5, 5.41) is 14.4. The molecule has 10 nitrogen and oxygen atoms in total. The minimum atomic E-state index is -0.702. The first-order valence-corrected chi connectivity index (χ1v) is 15.0. The maximum atomic E-state index is 14.1. The summed E-state index contributed by atoms with van der Waals surface area (Å²) in [4.78, 5) is 46.1. The SMILES string of the molecule is C[C@H](c1ccccc1)N1Cc2c(ccc3[nH]ncc23)C[C@@H](NC(=O)N2CCC(N3Cc4ccccc4NC3=O)CC2)C1=O. The number of para-hydroxylation sites is 1. The minimum Gasteiger partial charge on any atom is -0.330 e. The van der Waals surface area contributed by atoms with Crippen molar-refractivity contribution >= 4 is 34.6 Å². The lowest BCUT2D eigenvalue weighted by Crippen LogP contribution is -2.56. The van der Waals surface area contributed by atoms with Crippen molar-refractivity contribution in [1.29, 1.82) is 0 Å². The highest BCUT2D eigenvalue weighted by atomic mass is 16.2. The fourth-order valence-electron chi connectivity index (χ4n) is 6.75. The van der Waals surface area contributed by atoms with Gasteiger partial charge in [-0.3, -0.25) is 9.89 Å². The first-order valence-electron chi connectivity index (χ1n) is 15.0. The molecule has 0 radical (unpaired) electrons. The van der Waals surface area contributed by atoms with Gasteiger partial charge in [0, 0.05) is 49.7 Å². The van der Waals surface area contributed by atoms with Crippen molar-refractivity contribution in [3.63, 3.8) is 0 Å². The van der Waals surface area contributed by atoms with Gasteiger partial charge in [-0.15, -0.1) is 0 Å². The average molecular weight is 578 g/mol. The fourth-order valence-corrected chi connectivity index (χ4v) is 6.75. The van der Waals surface area contributed by atoms with E-state index in [4.69, 9.17) is 0 Å². The lowest BCUT2D eigenvalue weighted by molar-refractivity contribution is -0.135. The second-order valence-electron chi connectivity index (χ2n) is 11.7. The standard InChI is InChI=1S/C33H35N7O3/c1-21(22-7-3-2-4-8-22)39-20-27-23(11-12-29-26(27)18-34-37-29)17-30(31(39)41)36-32(42)38-15-13-25(14-16-38)40-19-24-9-5-6-10-28(24)35-33(40)43/h2-12,18,21,25,30H,13-17,19-20H2,1H3,(H,34,37)(H,35,43)(H,36,42)/t21-,30-/m1/s1. The number of carbonyl (C=O) groups is 3. The summed E-state index contributed by atoms with van der Waals surface area (Å²) >= 11 is 0. The third-order valence-electron chi connectivity index (χ3n) is 9.27. The van der Waals surface area contributed by atoms with Gasteiger partial charge >= 0.3 is 12.1 Å². The number of urea groups is 2. The van der Waals surface area contributed by atoms with Crippen LogP contribution in [-0.4, -0.2) is 68.0 Å². The van der Waals surface area contributed by atoms with Crippen molar-refractivity contribution in [2.24, 2.45) is 0 Å². The molecule has 1 saturated heterocycles. The molecule has 220 valence electrons. The molecule has 0 spiro atoms. The van der Waals surface area contributed by atoms with Crippen molar-refractivity contribution in [3.8, 4) is 0 Å². The topological polar surface area (TPSA) is 114 Å². The van der Waals surface area contributed by atoms with Crippen molar-refractivity contribution < 1.29 is 14.4 Å². The van der Waals surface area contributed by atoms with Crippen LogP contribution in [0, 0.1) is 0 Å². The van der Waals surface area contributed by atoms with Crippen molar-refractivity contribution in [1.82, 2.24) is 30.2 Å². The number of aromatic amines is 1. The number of benzene rings is 3. The summed E-state index contributed by atoms with van der Waals surface area (Å²) < 4.78 is 0. The fraction of sp³-hybridized carbons (Fsp3) is 0.333. The summed E-state index contributed by atoms with van der Waals surface area (Å²) in [7, 11) is 0. The van der Waals surface area contributed by atoms with Crippen molar-refractivity contribution in [3.05, 3.63) is 95.2 Å². The van der Waals surface area contributed by atoms with Crippen LogP contribution in [0.2, 0.25) is 0 Å². The summed E-state index contributed by atoms with van der Waals surface area (Å²) in [6.07, 6.45) is 3.58. The average Bonchev–Trinajstić information content (AvgIpc) is 3.47.